The van der Waals surface area contributed by atoms with E-state index in [1.807, 2.05) is 11.8 Å². The van der Waals surface area contributed by atoms with Crippen LogP contribution in [0, 0.1) is 0 Å². The Labute approximate surface area is 78.1 Å². The molecule has 0 bridgehead atoms. The Morgan fingerprint density at radius 2 is 2.00 bits per heavy atom. The van der Waals surface area contributed by atoms with E-state index in [0.717, 1.165) is 26.2 Å². The van der Waals surface area contributed by atoms with Crippen molar-refractivity contribution in [2.45, 2.75) is 25.5 Å². The molecule has 0 aliphatic carbocycles. The van der Waals surface area contributed by atoms with E-state index >= 15 is 0 Å². The smallest absolute Gasteiger partial charge is 0.219 e. The van der Waals surface area contributed by atoms with Crippen molar-refractivity contribution in [2.24, 2.45) is 0 Å². The number of β-amino-alcohol motifs (C(OH)–C–C–N with tert-alkyl or cyclic N) is 1. The first-order valence-electron chi connectivity index (χ1n) is 4.70. The zero-order chi connectivity index (χ0) is 9.64. The third-order valence-electron chi connectivity index (χ3n) is 2.91. The van der Waals surface area contributed by atoms with Crippen LogP contribution in [0.25, 0.3) is 0 Å². The molecule has 2 saturated heterocycles. The summed E-state index contributed by atoms with van der Waals surface area (Å²) in [7, 11) is 0. The molecule has 2 aliphatic heterocycles. The largest absolute Gasteiger partial charge is 0.388 e. The average Bonchev–Trinajstić information content (AvgIpc) is 1.78. The molecule has 1 N–H and O–H groups in total. The molecule has 4 nitrogen and oxygen atoms in total. The van der Waals surface area contributed by atoms with Crippen LogP contribution in [0.15, 0.2) is 0 Å². The number of amides is 1. The summed E-state index contributed by atoms with van der Waals surface area (Å²) in [4.78, 5) is 15.0. The zero-order valence-corrected chi connectivity index (χ0v) is 8.16. The number of carbonyl (C=O) groups excluding carboxylic acids is 1. The molecular weight excluding hydrogens is 168 g/mol. The SMILES string of the molecule is CC(=O)N1CC(N2CC(C)(O)C2)C1. The van der Waals surface area contributed by atoms with E-state index in [-0.39, 0.29) is 5.91 Å². The molecule has 4 heteroatoms. The van der Waals surface area contributed by atoms with Crippen LogP contribution in [-0.2, 0) is 4.79 Å². The maximum atomic E-state index is 10.9. The number of rotatable bonds is 1. The standard InChI is InChI=1S/C9H16N2O2/c1-7(12)10-3-8(4-10)11-5-9(2,13)6-11/h8,13H,3-6H2,1-2H3. The first kappa shape index (κ1) is 8.97. The lowest BCUT2D eigenvalue weighted by molar-refractivity contribution is -0.150. The van der Waals surface area contributed by atoms with Gasteiger partial charge in [0.15, 0.2) is 0 Å². The highest BCUT2D eigenvalue weighted by Crippen LogP contribution is 2.26. The molecule has 2 heterocycles. The molecule has 2 aliphatic rings. The number of carbonyl (C=O) groups is 1. The van der Waals surface area contributed by atoms with E-state index in [2.05, 4.69) is 4.90 Å². The lowest BCUT2D eigenvalue weighted by atomic mass is 9.92. The minimum atomic E-state index is -0.489. The normalized spacial score (nSPS) is 28.1. The van der Waals surface area contributed by atoms with Crippen LogP contribution in [0.5, 0.6) is 0 Å². The monoisotopic (exact) mass is 184 g/mol. The molecular formula is C9H16N2O2. The molecule has 0 unspecified atom stereocenters. The highest BCUT2D eigenvalue weighted by molar-refractivity contribution is 5.74. The van der Waals surface area contributed by atoms with Gasteiger partial charge >= 0.3 is 0 Å². The maximum Gasteiger partial charge on any atom is 0.219 e. The molecule has 2 fully saturated rings. The van der Waals surface area contributed by atoms with Crippen LogP contribution in [0.3, 0.4) is 0 Å². The van der Waals surface area contributed by atoms with Gasteiger partial charge in [0, 0.05) is 39.1 Å². The first-order chi connectivity index (χ1) is 5.98. The van der Waals surface area contributed by atoms with E-state index in [1.54, 1.807) is 6.92 Å². The van der Waals surface area contributed by atoms with Crippen LogP contribution in [0.2, 0.25) is 0 Å². The van der Waals surface area contributed by atoms with Crippen molar-refractivity contribution in [2.75, 3.05) is 26.2 Å². The molecule has 0 aromatic heterocycles. The van der Waals surface area contributed by atoms with Gasteiger partial charge in [0.05, 0.1) is 5.60 Å². The zero-order valence-electron chi connectivity index (χ0n) is 8.16. The van der Waals surface area contributed by atoms with Gasteiger partial charge < -0.3 is 10.0 Å². The highest BCUT2D eigenvalue weighted by atomic mass is 16.3. The second-order valence-corrected chi connectivity index (χ2v) is 4.48. The summed E-state index contributed by atoms with van der Waals surface area (Å²) in [5, 5.41) is 9.50. The molecule has 2 rings (SSSR count). The lowest BCUT2D eigenvalue weighted by Gasteiger charge is -2.54. The van der Waals surface area contributed by atoms with Gasteiger partial charge in [0.1, 0.15) is 0 Å². The fraction of sp³-hybridized carbons (Fsp3) is 0.889. The Bertz CT molecular complexity index is 226. The number of hydrogen-bond acceptors (Lipinski definition) is 3. The third-order valence-corrected chi connectivity index (χ3v) is 2.91. The van der Waals surface area contributed by atoms with Crippen LogP contribution >= 0.6 is 0 Å². The van der Waals surface area contributed by atoms with E-state index in [4.69, 9.17) is 0 Å². The summed E-state index contributed by atoms with van der Waals surface area (Å²) in [5.41, 5.74) is -0.489. The number of nitrogens with zero attached hydrogens (tertiary/aromatic N) is 2. The summed E-state index contributed by atoms with van der Waals surface area (Å²) >= 11 is 0. The van der Waals surface area contributed by atoms with Gasteiger partial charge in [-0.1, -0.05) is 0 Å². The van der Waals surface area contributed by atoms with Crippen molar-refractivity contribution in [3.05, 3.63) is 0 Å². The van der Waals surface area contributed by atoms with Gasteiger partial charge in [0.25, 0.3) is 0 Å². The predicted molar refractivity (Wildman–Crippen MR) is 48.2 cm³/mol. The molecule has 0 aromatic carbocycles. The molecule has 0 atom stereocenters. The average molecular weight is 184 g/mol. The number of hydrogen-bond donors (Lipinski definition) is 1. The van der Waals surface area contributed by atoms with Crippen LogP contribution < -0.4 is 0 Å². The van der Waals surface area contributed by atoms with Crippen LogP contribution in [0.4, 0.5) is 0 Å². The molecule has 74 valence electrons. The first-order valence-corrected chi connectivity index (χ1v) is 4.70. The van der Waals surface area contributed by atoms with Crippen molar-refractivity contribution >= 4 is 5.91 Å². The van der Waals surface area contributed by atoms with E-state index < -0.39 is 5.60 Å². The quantitative estimate of drug-likeness (QED) is 0.585. The minimum absolute atomic E-state index is 0.156. The summed E-state index contributed by atoms with van der Waals surface area (Å²) in [5.74, 6) is 0.156. The molecule has 13 heavy (non-hydrogen) atoms. The molecule has 1 amide bonds. The van der Waals surface area contributed by atoms with E-state index in [1.165, 1.54) is 0 Å². The van der Waals surface area contributed by atoms with Gasteiger partial charge in [-0.2, -0.15) is 0 Å². The summed E-state index contributed by atoms with van der Waals surface area (Å²) in [6, 6.07) is 0.490. The second kappa shape index (κ2) is 2.69. The maximum absolute atomic E-state index is 10.9. The summed E-state index contributed by atoms with van der Waals surface area (Å²) < 4.78 is 0. The minimum Gasteiger partial charge on any atom is -0.388 e. The van der Waals surface area contributed by atoms with Gasteiger partial charge in [0.2, 0.25) is 5.91 Å². The Balaban J connectivity index is 1.74. The van der Waals surface area contributed by atoms with Crippen LogP contribution in [0.1, 0.15) is 13.8 Å². The van der Waals surface area contributed by atoms with Crippen molar-refractivity contribution in [1.82, 2.24) is 9.80 Å². The van der Waals surface area contributed by atoms with Crippen molar-refractivity contribution < 1.29 is 9.90 Å². The summed E-state index contributed by atoms with van der Waals surface area (Å²) in [6.07, 6.45) is 0. The molecule has 0 saturated carbocycles. The second-order valence-electron chi connectivity index (χ2n) is 4.48. The fourth-order valence-corrected chi connectivity index (χ4v) is 2.03. The topological polar surface area (TPSA) is 43.8 Å². The number of aliphatic hydroxyl groups is 1. The third kappa shape index (κ3) is 1.56. The Hall–Kier alpha value is -0.610. The molecule has 0 radical (unpaired) electrons. The van der Waals surface area contributed by atoms with Gasteiger partial charge in [-0.3, -0.25) is 9.69 Å². The Morgan fingerprint density at radius 1 is 1.46 bits per heavy atom. The fourth-order valence-electron chi connectivity index (χ4n) is 2.03. The predicted octanol–water partition coefficient (Wildman–Crippen LogP) is -0.716. The number of likely N-dealkylation sites (tertiary alicyclic amines) is 2. The van der Waals surface area contributed by atoms with Crippen LogP contribution in [-0.4, -0.2) is 58.6 Å². The lowest BCUT2D eigenvalue weighted by Crippen LogP contribution is -2.71. The Kier molecular flexibility index (Phi) is 1.85. The van der Waals surface area contributed by atoms with Crippen molar-refractivity contribution in [1.29, 1.82) is 0 Å². The molecule has 0 aromatic rings. The van der Waals surface area contributed by atoms with E-state index in [0.29, 0.717) is 6.04 Å². The molecule has 0 spiro atoms. The van der Waals surface area contributed by atoms with Gasteiger partial charge in [-0.15, -0.1) is 0 Å². The Morgan fingerprint density at radius 3 is 2.38 bits per heavy atom. The highest BCUT2D eigenvalue weighted by Gasteiger charge is 2.44. The van der Waals surface area contributed by atoms with Gasteiger partial charge in [-0.25, -0.2) is 0 Å². The van der Waals surface area contributed by atoms with E-state index in [9.17, 15) is 9.90 Å². The van der Waals surface area contributed by atoms with Crippen molar-refractivity contribution in [3.63, 3.8) is 0 Å². The summed E-state index contributed by atoms with van der Waals surface area (Å²) in [6.45, 7) is 6.64. The van der Waals surface area contributed by atoms with Gasteiger partial charge in [-0.05, 0) is 6.92 Å². The van der Waals surface area contributed by atoms with Crippen molar-refractivity contribution in [3.8, 4) is 0 Å².